The zero-order chi connectivity index (χ0) is 18.8. The Morgan fingerprint density at radius 2 is 1.96 bits per heavy atom. The van der Waals surface area contributed by atoms with E-state index in [1.165, 1.54) is 0 Å². The minimum Gasteiger partial charge on any atom is -0.454 e. The number of hydrogen-bond donors (Lipinski definition) is 2. The maximum Gasteiger partial charge on any atom is 0.319 e. The van der Waals surface area contributed by atoms with E-state index < -0.39 is 0 Å². The summed E-state index contributed by atoms with van der Waals surface area (Å²) in [5.41, 5.74) is 3.77. The zero-order valence-corrected chi connectivity index (χ0v) is 15.1. The number of ether oxygens (including phenoxy) is 2. The SMILES string of the molecule is CCC(=O)N1CCc2cc(CNC(=O)Nc3ccc4c(c3)OCO4)ccc21. The Labute approximate surface area is 157 Å². The van der Waals surface area contributed by atoms with Crippen LogP contribution in [-0.2, 0) is 17.8 Å². The van der Waals surface area contributed by atoms with Gasteiger partial charge in [0.05, 0.1) is 0 Å². The lowest BCUT2D eigenvalue weighted by atomic mass is 10.1. The molecular formula is C20H21N3O4. The maximum absolute atomic E-state index is 12.2. The number of carbonyl (C=O) groups excluding carboxylic acids is 2. The van der Waals surface area contributed by atoms with Crippen molar-refractivity contribution in [3.63, 3.8) is 0 Å². The highest BCUT2D eigenvalue weighted by Gasteiger charge is 2.23. The summed E-state index contributed by atoms with van der Waals surface area (Å²) < 4.78 is 10.6. The summed E-state index contributed by atoms with van der Waals surface area (Å²) in [6, 6.07) is 10.9. The molecule has 7 nitrogen and oxygen atoms in total. The second-order valence-corrected chi connectivity index (χ2v) is 6.49. The van der Waals surface area contributed by atoms with Crippen LogP contribution in [0, 0.1) is 0 Å². The molecule has 0 radical (unpaired) electrons. The van der Waals surface area contributed by atoms with Crippen molar-refractivity contribution < 1.29 is 19.1 Å². The van der Waals surface area contributed by atoms with Gasteiger partial charge in [-0.15, -0.1) is 0 Å². The zero-order valence-electron chi connectivity index (χ0n) is 15.1. The molecule has 0 spiro atoms. The van der Waals surface area contributed by atoms with Gasteiger partial charge in [0.15, 0.2) is 11.5 Å². The van der Waals surface area contributed by atoms with Gasteiger partial charge >= 0.3 is 6.03 Å². The number of carbonyl (C=O) groups is 2. The maximum atomic E-state index is 12.2. The largest absolute Gasteiger partial charge is 0.454 e. The van der Waals surface area contributed by atoms with Crippen molar-refractivity contribution in [2.75, 3.05) is 23.6 Å². The van der Waals surface area contributed by atoms with Crippen LogP contribution in [0.2, 0.25) is 0 Å². The molecule has 140 valence electrons. The molecule has 0 aromatic heterocycles. The average Bonchev–Trinajstić information content (AvgIpc) is 3.31. The molecule has 0 saturated carbocycles. The predicted octanol–water partition coefficient (Wildman–Crippen LogP) is 3.04. The van der Waals surface area contributed by atoms with Crippen LogP contribution < -0.4 is 25.0 Å². The fourth-order valence-electron chi connectivity index (χ4n) is 3.35. The molecule has 2 aliphatic heterocycles. The van der Waals surface area contributed by atoms with Crippen LogP contribution in [0.15, 0.2) is 36.4 Å². The molecule has 0 unspecified atom stereocenters. The molecule has 0 saturated heterocycles. The van der Waals surface area contributed by atoms with Gasteiger partial charge in [-0.05, 0) is 35.7 Å². The van der Waals surface area contributed by atoms with Gasteiger partial charge in [0, 0.05) is 37.0 Å². The first-order valence-electron chi connectivity index (χ1n) is 9.00. The van der Waals surface area contributed by atoms with E-state index in [1.54, 1.807) is 18.2 Å². The molecule has 2 aliphatic rings. The molecule has 7 heteroatoms. The molecule has 2 aromatic rings. The topological polar surface area (TPSA) is 79.9 Å². The van der Waals surface area contributed by atoms with Crippen LogP contribution in [0.25, 0.3) is 0 Å². The highest BCUT2D eigenvalue weighted by atomic mass is 16.7. The van der Waals surface area contributed by atoms with Crippen molar-refractivity contribution in [3.8, 4) is 11.5 Å². The summed E-state index contributed by atoms with van der Waals surface area (Å²) in [7, 11) is 0. The fourth-order valence-corrected chi connectivity index (χ4v) is 3.35. The Morgan fingerprint density at radius 3 is 2.81 bits per heavy atom. The molecule has 4 rings (SSSR count). The molecule has 0 bridgehead atoms. The van der Waals surface area contributed by atoms with Crippen molar-refractivity contribution in [1.82, 2.24) is 5.32 Å². The highest BCUT2D eigenvalue weighted by molar-refractivity contribution is 5.95. The summed E-state index contributed by atoms with van der Waals surface area (Å²) in [6.45, 7) is 3.21. The van der Waals surface area contributed by atoms with E-state index in [1.807, 2.05) is 24.0 Å². The summed E-state index contributed by atoms with van der Waals surface area (Å²) >= 11 is 0. The standard InChI is InChI=1S/C20H21N3O4/c1-2-19(24)23-8-7-14-9-13(3-5-16(14)23)11-21-20(25)22-15-4-6-17-18(10-15)27-12-26-17/h3-6,9-10H,2,7-8,11-12H2,1H3,(H2,21,22,25). The monoisotopic (exact) mass is 367 g/mol. The Bertz CT molecular complexity index is 897. The second-order valence-electron chi connectivity index (χ2n) is 6.49. The first-order chi connectivity index (χ1) is 13.1. The van der Waals surface area contributed by atoms with Gasteiger partial charge in [0.1, 0.15) is 0 Å². The van der Waals surface area contributed by atoms with Crippen LogP contribution in [0.4, 0.5) is 16.2 Å². The van der Waals surface area contributed by atoms with Gasteiger partial charge in [0.25, 0.3) is 0 Å². The number of urea groups is 1. The van der Waals surface area contributed by atoms with Gasteiger partial charge in [-0.25, -0.2) is 4.79 Å². The second kappa shape index (κ2) is 7.19. The minimum atomic E-state index is -0.294. The number of hydrogen-bond acceptors (Lipinski definition) is 4. The lowest BCUT2D eigenvalue weighted by Gasteiger charge is -2.16. The number of anilines is 2. The van der Waals surface area contributed by atoms with Gasteiger partial charge in [-0.3, -0.25) is 4.79 Å². The van der Waals surface area contributed by atoms with Crippen LogP contribution in [0.1, 0.15) is 24.5 Å². The van der Waals surface area contributed by atoms with Crippen LogP contribution in [-0.4, -0.2) is 25.3 Å². The van der Waals surface area contributed by atoms with Gasteiger partial charge in [-0.1, -0.05) is 19.1 Å². The summed E-state index contributed by atoms with van der Waals surface area (Å²) in [4.78, 5) is 25.9. The van der Waals surface area contributed by atoms with E-state index in [-0.39, 0.29) is 18.7 Å². The molecule has 27 heavy (non-hydrogen) atoms. The number of rotatable bonds is 4. The summed E-state index contributed by atoms with van der Waals surface area (Å²) in [5.74, 6) is 1.44. The van der Waals surface area contributed by atoms with Crippen LogP contribution >= 0.6 is 0 Å². The van der Waals surface area contributed by atoms with Crippen molar-refractivity contribution in [2.24, 2.45) is 0 Å². The van der Waals surface area contributed by atoms with Crippen LogP contribution in [0.3, 0.4) is 0 Å². The highest BCUT2D eigenvalue weighted by Crippen LogP contribution is 2.34. The Morgan fingerprint density at radius 1 is 1.11 bits per heavy atom. The number of fused-ring (bicyclic) bond motifs is 2. The Kier molecular flexibility index (Phi) is 4.58. The third-order valence-electron chi connectivity index (χ3n) is 4.73. The Hall–Kier alpha value is -3.22. The quantitative estimate of drug-likeness (QED) is 0.870. The van der Waals surface area contributed by atoms with Crippen molar-refractivity contribution in [1.29, 1.82) is 0 Å². The predicted molar refractivity (Wildman–Crippen MR) is 101 cm³/mol. The molecule has 3 amide bonds. The Balaban J connectivity index is 1.35. The summed E-state index contributed by atoms with van der Waals surface area (Å²) in [6.07, 6.45) is 1.35. The van der Waals surface area contributed by atoms with Crippen molar-refractivity contribution >= 4 is 23.3 Å². The molecule has 2 heterocycles. The number of nitrogens with zero attached hydrogens (tertiary/aromatic N) is 1. The van der Waals surface area contributed by atoms with Crippen molar-refractivity contribution in [2.45, 2.75) is 26.3 Å². The third kappa shape index (κ3) is 3.53. The average molecular weight is 367 g/mol. The number of benzene rings is 2. The van der Waals surface area contributed by atoms with Crippen molar-refractivity contribution in [3.05, 3.63) is 47.5 Å². The van der Waals surface area contributed by atoms with Crippen LogP contribution in [0.5, 0.6) is 11.5 Å². The molecule has 2 N–H and O–H groups in total. The van der Waals surface area contributed by atoms with E-state index in [9.17, 15) is 9.59 Å². The molecule has 0 aliphatic carbocycles. The smallest absolute Gasteiger partial charge is 0.319 e. The first kappa shape index (κ1) is 17.2. The van der Waals surface area contributed by atoms with E-state index in [4.69, 9.17) is 9.47 Å². The minimum absolute atomic E-state index is 0.141. The van der Waals surface area contributed by atoms with Gasteiger partial charge in [-0.2, -0.15) is 0 Å². The van der Waals surface area contributed by atoms with Gasteiger partial charge in [0.2, 0.25) is 12.7 Å². The number of amides is 3. The van der Waals surface area contributed by atoms with E-state index >= 15 is 0 Å². The molecular weight excluding hydrogens is 346 g/mol. The molecule has 2 aromatic carbocycles. The van der Waals surface area contributed by atoms with E-state index in [2.05, 4.69) is 16.7 Å². The van der Waals surface area contributed by atoms with E-state index in [0.717, 1.165) is 29.8 Å². The fraction of sp³-hybridized carbons (Fsp3) is 0.300. The molecule has 0 fully saturated rings. The normalized spacial score (nSPS) is 14.0. The number of nitrogens with one attached hydrogen (secondary N) is 2. The van der Waals surface area contributed by atoms with E-state index in [0.29, 0.717) is 30.2 Å². The van der Waals surface area contributed by atoms with Gasteiger partial charge < -0.3 is 25.0 Å². The summed E-state index contributed by atoms with van der Waals surface area (Å²) in [5, 5.41) is 5.63. The molecule has 0 atom stereocenters. The lowest BCUT2D eigenvalue weighted by Crippen LogP contribution is -2.28. The lowest BCUT2D eigenvalue weighted by molar-refractivity contribution is -0.118. The first-order valence-corrected chi connectivity index (χ1v) is 9.00. The third-order valence-corrected chi connectivity index (χ3v) is 4.73.